The SMILES string of the molecule is COc1cc2c(cc1OC)C1(CC2)NCNC1=O. The van der Waals surface area contributed by atoms with Crippen molar-refractivity contribution in [2.75, 3.05) is 20.9 Å². The van der Waals surface area contributed by atoms with E-state index in [-0.39, 0.29) is 5.91 Å². The third-order valence-corrected chi connectivity index (χ3v) is 3.87. The molecule has 1 aliphatic carbocycles. The van der Waals surface area contributed by atoms with Gasteiger partial charge < -0.3 is 14.8 Å². The number of benzene rings is 1. The van der Waals surface area contributed by atoms with Crippen LogP contribution in [0.5, 0.6) is 11.5 Å². The molecule has 2 aliphatic rings. The van der Waals surface area contributed by atoms with Gasteiger partial charge >= 0.3 is 0 Å². The zero-order chi connectivity index (χ0) is 12.8. The second-order valence-electron chi connectivity index (χ2n) is 4.63. The van der Waals surface area contributed by atoms with Crippen LogP contribution in [-0.2, 0) is 16.8 Å². The van der Waals surface area contributed by atoms with Gasteiger partial charge in [-0.3, -0.25) is 10.1 Å². The zero-order valence-electron chi connectivity index (χ0n) is 10.5. The molecule has 96 valence electrons. The highest BCUT2D eigenvalue weighted by Crippen LogP contribution is 2.43. The van der Waals surface area contributed by atoms with Crippen molar-refractivity contribution in [1.29, 1.82) is 0 Å². The van der Waals surface area contributed by atoms with Crippen LogP contribution in [-0.4, -0.2) is 26.8 Å². The minimum atomic E-state index is -0.575. The van der Waals surface area contributed by atoms with Gasteiger partial charge in [0, 0.05) is 0 Å². The molecule has 5 heteroatoms. The lowest BCUT2D eigenvalue weighted by Gasteiger charge is -2.22. The Morgan fingerprint density at radius 3 is 2.56 bits per heavy atom. The van der Waals surface area contributed by atoms with Gasteiger partial charge in [0.15, 0.2) is 11.5 Å². The Morgan fingerprint density at radius 2 is 1.94 bits per heavy atom. The fourth-order valence-corrected chi connectivity index (χ4v) is 2.91. The summed E-state index contributed by atoms with van der Waals surface area (Å²) >= 11 is 0. The topological polar surface area (TPSA) is 59.6 Å². The van der Waals surface area contributed by atoms with Crippen LogP contribution in [0, 0.1) is 0 Å². The Kier molecular flexibility index (Phi) is 2.45. The first-order chi connectivity index (χ1) is 8.71. The molecule has 5 nitrogen and oxygen atoms in total. The number of ether oxygens (including phenoxy) is 2. The van der Waals surface area contributed by atoms with Crippen LogP contribution >= 0.6 is 0 Å². The normalized spacial score (nSPS) is 25.1. The Hall–Kier alpha value is -1.75. The van der Waals surface area contributed by atoms with E-state index in [0.717, 1.165) is 24.0 Å². The van der Waals surface area contributed by atoms with Crippen LogP contribution in [0.25, 0.3) is 0 Å². The molecule has 0 saturated carbocycles. The van der Waals surface area contributed by atoms with Crippen LogP contribution in [0.1, 0.15) is 17.5 Å². The van der Waals surface area contributed by atoms with Crippen molar-refractivity contribution in [1.82, 2.24) is 10.6 Å². The summed E-state index contributed by atoms with van der Waals surface area (Å²) < 4.78 is 10.6. The van der Waals surface area contributed by atoms with E-state index >= 15 is 0 Å². The molecule has 1 amide bonds. The molecule has 1 spiro atoms. The van der Waals surface area contributed by atoms with Crippen molar-refractivity contribution in [3.05, 3.63) is 23.3 Å². The third kappa shape index (κ3) is 1.34. The number of nitrogens with one attached hydrogen (secondary N) is 2. The molecule has 2 N–H and O–H groups in total. The molecule has 1 aliphatic heterocycles. The lowest BCUT2D eigenvalue weighted by Crippen LogP contribution is -2.41. The maximum atomic E-state index is 12.1. The van der Waals surface area contributed by atoms with Crippen LogP contribution in [0.4, 0.5) is 0 Å². The molecule has 18 heavy (non-hydrogen) atoms. The highest BCUT2D eigenvalue weighted by Gasteiger charge is 2.48. The van der Waals surface area contributed by atoms with Crippen molar-refractivity contribution in [3.63, 3.8) is 0 Å². The first-order valence-electron chi connectivity index (χ1n) is 6.00. The van der Waals surface area contributed by atoms with Gasteiger partial charge in [-0.15, -0.1) is 0 Å². The van der Waals surface area contributed by atoms with Crippen molar-refractivity contribution in [2.24, 2.45) is 0 Å². The van der Waals surface area contributed by atoms with Gasteiger partial charge in [-0.25, -0.2) is 0 Å². The largest absolute Gasteiger partial charge is 0.493 e. The van der Waals surface area contributed by atoms with E-state index in [4.69, 9.17) is 9.47 Å². The van der Waals surface area contributed by atoms with Crippen molar-refractivity contribution >= 4 is 5.91 Å². The first kappa shape index (κ1) is 11.3. The van der Waals surface area contributed by atoms with Gasteiger partial charge in [0.05, 0.1) is 20.9 Å². The molecule has 0 radical (unpaired) electrons. The summed E-state index contributed by atoms with van der Waals surface area (Å²) in [5.74, 6) is 1.43. The number of hydrogen-bond donors (Lipinski definition) is 2. The van der Waals surface area contributed by atoms with Crippen molar-refractivity contribution in [2.45, 2.75) is 18.4 Å². The summed E-state index contributed by atoms with van der Waals surface area (Å²) in [5.41, 5.74) is 1.59. The molecule has 0 aromatic heterocycles. The molecular weight excluding hydrogens is 232 g/mol. The van der Waals surface area contributed by atoms with Gasteiger partial charge in [-0.1, -0.05) is 0 Å². The Labute approximate surface area is 105 Å². The molecule has 1 heterocycles. The zero-order valence-corrected chi connectivity index (χ0v) is 10.5. The fraction of sp³-hybridized carbons (Fsp3) is 0.462. The van der Waals surface area contributed by atoms with Gasteiger partial charge in [-0.05, 0) is 36.1 Å². The Morgan fingerprint density at radius 1 is 1.22 bits per heavy atom. The summed E-state index contributed by atoms with van der Waals surface area (Å²) in [6.45, 7) is 0.520. The van der Waals surface area contributed by atoms with E-state index in [1.165, 1.54) is 0 Å². The van der Waals surface area contributed by atoms with Crippen molar-refractivity contribution in [3.8, 4) is 11.5 Å². The molecule has 1 atom stereocenters. The van der Waals surface area contributed by atoms with E-state index in [1.54, 1.807) is 14.2 Å². The van der Waals surface area contributed by atoms with E-state index in [9.17, 15) is 4.79 Å². The highest BCUT2D eigenvalue weighted by molar-refractivity contribution is 5.91. The second kappa shape index (κ2) is 3.88. The number of rotatable bonds is 2. The van der Waals surface area contributed by atoms with Gasteiger partial charge in [0.2, 0.25) is 5.91 Å². The van der Waals surface area contributed by atoms with Crippen LogP contribution in [0.15, 0.2) is 12.1 Å². The second-order valence-corrected chi connectivity index (χ2v) is 4.63. The first-order valence-corrected chi connectivity index (χ1v) is 6.00. The predicted molar refractivity (Wildman–Crippen MR) is 65.7 cm³/mol. The van der Waals surface area contributed by atoms with E-state index < -0.39 is 5.54 Å². The molecule has 1 aromatic rings. The number of fused-ring (bicyclic) bond motifs is 2. The number of aryl methyl sites for hydroxylation is 1. The minimum Gasteiger partial charge on any atom is -0.493 e. The number of methoxy groups -OCH3 is 2. The monoisotopic (exact) mass is 248 g/mol. The molecule has 3 rings (SSSR count). The maximum absolute atomic E-state index is 12.1. The molecule has 1 aromatic carbocycles. The average Bonchev–Trinajstić information content (AvgIpc) is 2.94. The van der Waals surface area contributed by atoms with Crippen LogP contribution < -0.4 is 20.1 Å². The number of carbonyl (C=O) groups excluding carboxylic acids is 1. The summed E-state index contributed by atoms with van der Waals surface area (Å²) in [6.07, 6.45) is 1.65. The average molecular weight is 248 g/mol. The van der Waals surface area contributed by atoms with Crippen molar-refractivity contribution < 1.29 is 14.3 Å². The quantitative estimate of drug-likeness (QED) is 0.801. The summed E-state index contributed by atoms with van der Waals surface area (Å²) in [5, 5.41) is 6.11. The Bertz CT molecular complexity index is 515. The van der Waals surface area contributed by atoms with Gasteiger partial charge in [0.1, 0.15) is 5.54 Å². The maximum Gasteiger partial charge on any atom is 0.245 e. The minimum absolute atomic E-state index is 0.0495. The third-order valence-electron chi connectivity index (χ3n) is 3.87. The van der Waals surface area contributed by atoms with E-state index in [2.05, 4.69) is 10.6 Å². The van der Waals surface area contributed by atoms with Crippen LogP contribution in [0.2, 0.25) is 0 Å². The van der Waals surface area contributed by atoms with Crippen LogP contribution in [0.3, 0.4) is 0 Å². The number of hydrogen-bond acceptors (Lipinski definition) is 4. The highest BCUT2D eigenvalue weighted by atomic mass is 16.5. The number of amides is 1. The molecule has 1 unspecified atom stereocenters. The number of carbonyl (C=O) groups is 1. The van der Waals surface area contributed by atoms with E-state index in [1.807, 2.05) is 12.1 Å². The smallest absolute Gasteiger partial charge is 0.245 e. The standard InChI is InChI=1S/C13H16N2O3/c1-17-10-5-8-3-4-13(12(16)14-7-15-13)9(8)6-11(10)18-2/h5-6,15H,3-4,7H2,1-2H3,(H,14,16). The molecule has 1 saturated heterocycles. The summed E-state index contributed by atoms with van der Waals surface area (Å²) in [4.78, 5) is 12.1. The summed E-state index contributed by atoms with van der Waals surface area (Å²) in [7, 11) is 3.23. The summed E-state index contributed by atoms with van der Waals surface area (Å²) in [6, 6.07) is 3.88. The van der Waals surface area contributed by atoms with Gasteiger partial charge in [-0.2, -0.15) is 0 Å². The molecule has 1 fully saturated rings. The van der Waals surface area contributed by atoms with E-state index in [0.29, 0.717) is 18.2 Å². The fourth-order valence-electron chi connectivity index (χ4n) is 2.91. The Balaban J connectivity index is 2.14. The van der Waals surface area contributed by atoms with Gasteiger partial charge in [0.25, 0.3) is 0 Å². The lowest BCUT2D eigenvalue weighted by molar-refractivity contribution is -0.124. The lowest BCUT2D eigenvalue weighted by atomic mass is 9.92. The predicted octanol–water partition coefficient (Wildman–Crippen LogP) is 0.522. The molecular formula is C13H16N2O3. The molecule has 0 bridgehead atoms.